The Kier molecular flexibility index (Phi) is 3.73. The summed E-state index contributed by atoms with van der Waals surface area (Å²) in [5.41, 5.74) is 0.785. The van der Waals surface area contributed by atoms with Crippen molar-refractivity contribution in [2.24, 2.45) is 0 Å². The monoisotopic (exact) mass is 282 g/mol. The predicted octanol–water partition coefficient (Wildman–Crippen LogP) is 3.29. The molecule has 15 heavy (non-hydrogen) atoms. The van der Waals surface area contributed by atoms with E-state index in [1.54, 1.807) is 0 Å². The fraction of sp³-hybridized carbons (Fsp3) is 0.222. The summed E-state index contributed by atoms with van der Waals surface area (Å²) in [6.07, 6.45) is -4.14. The van der Waals surface area contributed by atoms with Crippen molar-refractivity contribution in [3.8, 4) is 5.75 Å². The smallest absolute Gasteiger partial charge is 0.406 e. The predicted molar refractivity (Wildman–Crippen MR) is 51.1 cm³/mol. The van der Waals surface area contributed by atoms with Gasteiger partial charge in [0.15, 0.2) is 0 Å². The average Bonchev–Trinajstić information content (AvgIpc) is 2.15. The van der Waals surface area contributed by atoms with Crippen LogP contribution in [0.3, 0.4) is 0 Å². The van der Waals surface area contributed by atoms with Crippen molar-refractivity contribution in [1.82, 2.24) is 0 Å². The van der Waals surface area contributed by atoms with Gasteiger partial charge in [0.2, 0.25) is 0 Å². The molecule has 0 fully saturated rings. The third-order valence-electron chi connectivity index (χ3n) is 1.62. The van der Waals surface area contributed by atoms with Crippen molar-refractivity contribution < 1.29 is 22.7 Å². The second kappa shape index (κ2) is 4.65. The summed E-state index contributed by atoms with van der Waals surface area (Å²) in [6.45, 7) is 0. The van der Waals surface area contributed by atoms with Crippen LogP contribution in [-0.4, -0.2) is 12.6 Å². The van der Waals surface area contributed by atoms with Gasteiger partial charge in [-0.15, -0.1) is 13.2 Å². The zero-order valence-corrected chi connectivity index (χ0v) is 8.93. The number of carbonyl (C=O) groups is 1. The number of benzene rings is 1. The molecule has 0 atom stereocenters. The lowest BCUT2D eigenvalue weighted by atomic mass is 10.1. The van der Waals surface area contributed by atoms with Crippen molar-refractivity contribution in [2.45, 2.75) is 11.7 Å². The number of hydrogen-bond acceptors (Lipinski definition) is 2. The molecule has 0 heterocycles. The fourth-order valence-corrected chi connectivity index (χ4v) is 1.50. The molecule has 1 aromatic carbocycles. The van der Waals surface area contributed by atoms with Crippen LogP contribution in [0.5, 0.6) is 5.75 Å². The summed E-state index contributed by atoms with van der Waals surface area (Å²) in [5.74, 6) is -0.331. The normalized spacial score (nSPS) is 11.2. The molecule has 0 aliphatic carbocycles. The number of alkyl halides is 4. The van der Waals surface area contributed by atoms with Gasteiger partial charge in [0.1, 0.15) is 12.0 Å². The van der Waals surface area contributed by atoms with Crippen molar-refractivity contribution >= 4 is 22.2 Å². The van der Waals surface area contributed by atoms with E-state index >= 15 is 0 Å². The van der Waals surface area contributed by atoms with Crippen molar-refractivity contribution in [2.75, 3.05) is 0 Å². The van der Waals surface area contributed by atoms with Gasteiger partial charge in [-0.25, -0.2) is 0 Å². The van der Waals surface area contributed by atoms with Crippen LogP contribution >= 0.6 is 15.9 Å². The van der Waals surface area contributed by atoms with Gasteiger partial charge in [0, 0.05) is 10.9 Å². The summed E-state index contributed by atoms with van der Waals surface area (Å²) in [6, 6.07) is 3.56. The fourth-order valence-electron chi connectivity index (χ4n) is 1.01. The molecule has 0 N–H and O–H groups in total. The molecule has 2 nitrogen and oxygen atoms in total. The average molecular weight is 283 g/mol. The van der Waals surface area contributed by atoms with E-state index in [9.17, 15) is 18.0 Å². The van der Waals surface area contributed by atoms with Gasteiger partial charge >= 0.3 is 6.36 Å². The number of aldehydes is 1. The SMILES string of the molecule is O=Cc1ccc(OC(F)(F)F)cc1CBr. The summed E-state index contributed by atoms with van der Waals surface area (Å²) < 4.78 is 39.3. The van der Waals surface area contributed by atoms with E-state index in [1.807, 2.05) is 0 Å². The van der Waals surface area contributed by atoms with Gasteiger partial charge < -0.3 is 4.74 Å². The van der Waals surface area contributed by atoms with Crippen LogP contribution in [0.1, 0.15) is 15.9 Å². The lowest BCUT2D eigenvalue weighted by molar-refractivity contribution is -0.274. The second-order valence-corrected chi connectivity index (χ2v) is 3.22. The molecule has 0 bridgehead atoms. The Balaban J connectivity index is 2.98. The first kappa shape index (κ1) is 12.0. The molecule has 1 rings (SSSR count). The zero-order chi connectivity index (χ0) is 11.5. The van der Waals surface area contributed by atoms with E-state index in [2.05, 4.69) is 20.7 Å². The van der Waals surface area contributed by atoms with E-state index in [4.69, 9.17) is 0 Å². The van der Waals surface area contributed by atoms with Gasteiger partial charge in [0.05, 0.1) is 0 Å². The van der Waals surface area contributed by atoms with Crippen LogP contribution in [0.15, 0.2) is 18.2 Å². The van der Waals surface area contributed by atoms with Crippen molar-refractivity contribution in [1.29, 1.82) is 0 Å². The number of rotatable bonds is 3. The molecule has 0 unspecified atom stereocenters. The van der Waals surface area contributed by atoms with Crippen LogP contribution < -0.4 is 4.74 Å². The third kappa shape index (κ3) is 3.54. The number of hydrogen-bond donors (Lipinski definition) is 0. The highest BCUT2D eigenvalue weighted by molar-refractivity contribution is 9.08. The molecule has 0 saturated heterocycles. The summed E-state index contributed by atoms with van der Waals surface area (Å²) >= 11 is 3.07. The van der Waals surface area contributed by atoms with Crippen LogP contribution in [0.25, 0.3) is 0 Å². The standard InChI is InChI=1S/C9H6BrF3O2/c10-4-7-3-8(15-9(11,12)13)2-1-6(7)5-14/h1-3,5H,4H2. The van der Waals surface area contributed by atoms with Gasteiger partial charge in [-0.2, -0.15) is 0 Å². The minimum absolute atomic E-state index is 0.288. The zero-order valence-electron chi connectivity index (χ0n) is 7.34. The Hall–Kier alpha value is -1.04. The first-order chi connectivity index (χ1) is 6.96. The van der Waals surface area contributed by atoms with E-state index in [0.717, 1.165) is 6.07 Å². The maximum atomic E-state index is 11.9. The highest BCUT2D eigenvalue weighted by Gasteiger charge is 2.31. The lowest BCUT2D eigenvalue weighted by Gasteiger charge is -2.10. The minimum atomic E-state index is -4.72. The van der Waals surface area contributed by atoms with Crippen molar-refractivity contribution in [3.63, 3.8) is 0 Å². The molecule has 82 valence electrons. The molecule has 0 aliphatic heterocycles. The Labute approximate surface area is 92.2 Å². The van der Waals surface area contributed by atoms with Crippen LogP contribution in [-0.2, 0) is 5.33 Å². The summed E-state index contributed by atoms with van der Waals surface area (Å²) in [7, 11) is 0. The highest BCUT2D eigenvalue weighted by atomic mass is 79.9. The molecular weight excluding hydrogens is 277 g/mol. The quantitative estimate of drug-likeness (QED) is 0.628. The molecule has 0 spiro atoms. The molecule has 6 heteroatoms. The van der Waals surface area contributed by atoms with Crippen molar-refractivity contribution in [3.05, 3.63) is 29.3 Å². The molecule has 0 radical (unpaired) electrons. The summed E-state index contributed by atoms with van der Waals surface area (Å²) in [4.78, 5) is 10.5. The Morgan fingerprint density at radius 2 is 2.07 bits per heavy atom. The van der Waals surface area contributed by atoms with E-state index in [1.165, 1.54) is 12.1 Å². The molecule has 1 aromatic rings. The maximum Gasteiger partial charge on any atom is 0.573 e. The van der Waals surface area contributed by atoms with Gasteiger partial charge in [-0.1, -0.05) is 15.9 Å². The van der Waals surface area contributed by atoms with Crippen LogP contribution in [0.2, 0.25) is 0 Å². The number of halogens is 4. The van der Waals surface area contributed by atoms with E-state index < -0.39 is 6.36 Å². The largest absolute Gasteiger partial charge is 0.573 e. The molecular formula is C9H6BrF3O2. The number of carbonyl (C=O) groups excluding carboxylic acids is 1. The lowest BCUT2D eigenvalue weighted by Crippen LogP contribution is -2.17. The molecule has 0 saturated carbocycles. The first-order valence-corrected chi connectivity index (χ1v) is 4.98. The van der Waals surface area contributed by atoms with Gasteiger partial charge in [-0.05, 0) is 23.8 Å². The molecule has 0 aromatic heterocycles. The molecule has 0 aliphatic rings. The maximum absolute atomic E-state index is 11.9. The molecule has 0 amide bonds. The van der Waals surface area contributed by atoms with Crippen LogP contribution in [0.4, 0.5) is 13.2 Å². The summed E-state index contributed by atoms with van der Waals surface area (Å²) in [5, 5.41) is 0.288. The van der Waals surface area contributed by atoms with E-state index in [0.29, 0.717) is 17.4 Å². The topological polar surface area (TPSA) is 26.3 Å². The highest BCUT2D eigenvalue weighted by Crippen LogP contribution is 2.25. The second-order valence-electron chi connectivity index (χ2n) is 2.66. The Bertz CT molecular complexity index is 363. The van der Waals surface area contributed by atoms with Gasteiger partial charge in [0.25, 0.3) is 0 Å². The first-order valence-electron chi connectivity index (χ1n) is 3.86. The number of ether oxygens (including phenoxy) is 1. The minimum Gasteiger partial charge on any atom is -0.406 e. The van der Waals surface area contributed by atoms with E-state index in [-0.39, 0.29) is 11.1 Å². The Morgan fingerprint density at radius 1 is 1.40 bits per heavy atom. The van der Waals surface area contributed by atoms with Gasteiger partial charge in [-0.3, -0.25) is 4.79 Å². The Morgan fingerprint density at radius 3 is 2.53 bits per heavy atom. The third-order valence-corrected chi connectivity index (χ3v) is 2.22. The van der Waals surface area contributed by atoms with Crippen LogP contribution in [0, 0.1) is 0 Å².